The number of aliphatic hydroxyl groups excluding tert-OH is 1. The quantitative estimate of drug-likeness (QED) is 0.917. The molecule has 2 aromatic rings. The van der Waals surface area contributed by atoms with Crippen molar-refractivity contribution in [2.75, 3.05) is 6.61 Å². The van der Waals surface area contributed by atoms with Gasteiger partial charge in [0.25, 0.3) is 0 Å². The third kappa shape index (κ3) is 3.28. The molecule has 2 atom stereocenters. The summed E-state index contributed by atoms with van der Waals surface area (Å²) in [4.78, 5) is 0. The highest BCUT2D eigenvalue weighted by molar-refractivity contribution is 5.88. The molecule has 2 unspecified atom stereocenters. The van der Waals surface area contributed by atoms with E-state index < -0.39 is 12.4 Å². The molecule has 0 aromatic heterocycles. The molecule has 21 heavy (non-hydrogen) atoms. The Kier molecular flexibility index (Phi) is 3.97. The molecule has 4 nitrogen and oxygen atoms in total. The SMILES string of the molecule is CC1=COC(CC(O)COc2cccc3ccccc23)O1. The van der Waals surface area contributed by atoms with Crippen molar-refractivity contribution in [3.05, 3.63) is 54.5 Å². The van der Waals surface area contributed by atoms with E-state index in [1.54, 1.807) is 6.26 Å². The largest absolute Gasteiger partial charge is 0.490 e. The van der Waals surface area contributed by atoms with Crippen LogP contribution in [-0.2, 0) is 9.47 Å². The second-order valence-electron chi connectivity index (χ2n) is 5.09. The highest BCUT2D eigenvalue weighted by atomic mass is 16.7. The van der Waals surface area contributed by atoms with E-state index in [2.05, 4.69) is 0 Å². The molecule has 0 bridgehead atoms. The lowest BCUT2D eigenvalue weighted by atomic mass is 10.1. The summed E-state index contributed by atoms with van der Waals surface area (Å²) in [7, 11) is 0. The van der Waals surface area contributed by atoms with Gasteiger partial charge in [0.15, 0.2) is 0 Å². The number of hydrogen-bond donors (Lipinski definition) is 1. The van der Waals surface area contributed by atoms with Gasteiger partial charge in [-0.15, -0.1) is 0 Å². The molecule has 0 saturated heterocycles. The Hall–Kier alpha value is -2.20. The number of hydrogen-bond acceptors (Lipinski definition) is 4. The summed E-state index contributed by atoms with van der Waals surface area (Å²) in [6.07, 6.45) is 0.867. The van der Waals surface area contributed by atoms with Crippen molar-refractivity contribution < 1.29 is 19.3 Å². The van der Waals surface area contributed by atoms with Gasteiger partial charge in [-0.25, -0.2) is 0 Å². The fourth-order valence-electron chi connectivity index (χ4n) is 2.34. The van der Waals surface area contributed by atoms with Gasteiger partial charge in [0.05, 0.1) is 12.5 Å². The standard InChI is InChI=1S/C17H18O4/c1-12-10-20-17(21-12)9-14(18)11-19-16-8-4-6-13-5-2-3-7-15(13)16/h2-8,10,14,17-18H,9,11H2,1H3. The summed E-state index contributed by atoms with van der Waals surface area (Å²) in [5, 5.41) is 12.2. The molecular weight excluding hydrogens is 268 g/mol. The highest BCUT2D eigenvalue weighted by Crippen LogP contribution is 2.25. The van der Waals surface area contributed by atoms with Gasteiger partial charge in [-0.05, 0) is 18.4 Å². The first kappa shape index (κ1) is 13.8. The van der Waals surface area contributed by atoms with Crippen LogP contribution < -0.4 is 4.74 Å². The number of allylic oxidation sites excluding steroid dienone is 1. The molecule has 0 aliphatic carbocycles. The van der Waals surface area contributed by atoms with Crippen LogP contribution in [0.15, 0.2) is 54.5 Å². The Labute approximate surface area is 123 Å². The lowest BCUT2D eigenvalue weighted by Crippen LogP contribution is -2.24. The van der Waals surface area contributed by atoms with Crippen molar-refractivity contribution in [1.82, 2.24) is 0 Å². The lowest BCUT2D eigenvalue weighted by molar-refractivity contribution is -0.0670. The van der Waals surface area contributed by atoms with E-state index in [1.807, 2.05) is 49.4 Å². The van der Waals surface area contributed by atoms with E-state index in [4.69, 9.17) is 14.2 Å². The fourth-order valence-corrected chi connectivity index (χ4v) is 2.34. The van der Waals surface area contributed by atoms with Crippen molar-refractivity contribution in [3.8, 4) is 5.75 Å². The Balaban J connectivity index is 1.59. The van der Waals surface area contributed by atoms with Crippen molar-refractivity contribution in [3.63, 3.8) is 0 Å². The van der Waals surface area contributed by atoms with E-state index in [0.717, 1.165) is 22.3 Å². The zero-order valence-corrected chi connectivity index (χ0v) is 11.9. The summed E-state index contributed by atoms with van der Waals surface area (Å²) >= 11 is 0. The first-order chi connectivity index (χ1) is 10.2. The molecule has 1 N–H and O–H groups in total. The summed E-state index contributed by atoms with van der Waals surface area (Å²) < 4.78 is 16.4. The number of benzene rings is 2. The first-order valence-corrected chi connectivity index (χ1v) is 7.00. The van der Waals surface area contributed by atoms with Gasteiger partial charge in [0.2, 0.25) is 6.29 Å². The van der Waals surface area contributed by atoms with Crippen LogP contribution in [0, 0.1) is 0 Å². The summed E-state index contributed by atoms with van der Waals surface area (Å²) in [6.45, 7) is 2.02. The van der Waals surface area contributed by atoms with Gasteiger partial charge >= 0.3 is 0 Å². The van der Waals surface area contributed by atoms with E-state index in [9.17, 15) is 5.11 Å². The van der Waals surface area contributed by atoms with Gasteiger partial charge in [-0.1, -0.05) is 36.4 Å². The summed E-state index contributed by atoms with van der Waals surface area (Å²) in [5.74, 6) is 1.50. The minimum Gasteiger partial charge on any atom is -0.490 e. The van der Waals surface area contributed by atoms with Crippen LogP contribution in [0.4, 0.5) is 0 Å². The number of ether oxygens (including phenoxy) is 3. The van der Waals surface area contributed by atoms with Gasteiger partial charge in [0.1, 0.15) is 24.4 Å². The molecule has 2 aromatic carbocycles. The molecule has 3 rings (SSSR count). The maximum Gasteiger partial charge on any atom is 0.242 e. The third-order valence-corrected chi connectivity index (χ3v) is 3.35. The van der Waals surface area contributed by atoms with Crippen LogP contribution in [0.3, 0.4) is 0 Å². The van der Waals surface area contributed by atoms with E-state index in [0.29, 0.717) is 6.42 Å². The average molecular weight is 286 g/mol. The fraction of sp³-hybridized carbons (Fsp3) is 0.294. The monoisotopic (exact) mass is 286 g/mol. The molecule has 110 valence electrons. The summed E-state index contributed by atoms with van der Waals surface area (Å²) in [6, 6.07) is 13.9. The molecule has 0 saturated carbocycles. The summed E-state index contributed by atoms with van der Waals surface area (Å²) in [5.41, 5.74) is 0. The van der Waals surface area contributed by atoms with Crippen LogP contribution in [0.1, 0.15) is 13.3 Å². The van der Waals surface area contributed by atoms with Crippen LogP contribution in [0.5, 0.6) is 5.75 Å². The Bertz CT molecular complexity index is 645. The average Bonchev–Trinajstić information content (AvgIpc) is 2.90. The molecule has 0 amide bonds. The number of fused-ring (bicyclic) bond motifs is 1. The molecule has 1 aliphatic rings. The Morgan fingerprint density at radius 1 is 1.19 bits per heavy atom. The third-order valence-electron chi connectivity index (χ3n) is 3.35. The minimum absolute atomic E-state index is 0.205. The maximum atomic E-state index is 10.0. The first-order valence-electron chi connectivity index (χ1n) is 7.00. The minimum atomic E-state index is -0.645. The molecule has 1 heterocycles. The predicted molar refractivity (Wildman–Crippen MR) is 79.8 cm³/mol. The van der Waals surface area contributed by atoms with Crippen molar-refractivity contribution >= 4 is 10.8 Å². The van der Waals surface area contributed by atoms with Gasteiger partial charge in [0, 0.05) is 5.39 Å². The Morgan fingerprint density at radius 2 is 2.00 bits per heavy atom. The smallest absolute Gasteiger partial charge is 0.242 e. The molecule has 4 heteroatoms. The number of rotatable bonds is 5. The highest BCUT2D eigenvalue weighted by Gasteiger charge is 2.21. The van der Waals surface area contributed by atoms with Gasteiger partial charge in [-0.2, -0.15) is 0 Å². The maximum absolute atomic E-state index is 10.0. The topological polar surface area (TPSA) is 47.9 Å². The normalized spacial score (nSPS) is 18.8. The molecule has 1 aliphatic heterocycles. The van der Waals surface area contributed by atoms with Crippen LogP contribution in [-0.4, -0.2) is 24.1 Å². The lowest BCUT2D eigenvalue weighted by Gasteiger charge is -2.17. The predicted octanol–water partition coefficient (Wildman–Crippen LogP) is 3.20. The van der Waals surface area contributed by atoms with Crippen molar-refractivity contribution in [2.45, 2.75) is 25.7 Å². The van der Waals surface area contributed by atoms with E-state index in [1.165, 1.54) is 0 Å². The second kappa shape index (κ2) is 6.06. The molecular formula is C17H18O4. The zero-order valence-electron chi connectivity index (χ0n) is 11.9. The van der Waals surface area contributed by atoms with Crippen LogP contribution in [0.25, 0.3) is 10.8 Å². The molecule has 0 spiro atoms. The molecule has 0 radical (unpaired) electrons. The number of aliphatic hydroxyl groups is 1. The van der Waals surface area contributed by atoms with Crippen molar-refractivity contribution in [2.24, 2.45) is 0 Å². The molecule has 0 fully saturated rings. The van der Waals surface area contributed by atoms with E-state index in [-0.39, 0.29) is 6.61 Å². The zero-order chi connectivity index (χ0) is 14.7. The van der Waals surface area contributed by atoms with Gasteiger partial charge in [-0.3, -0.25) is 0 Å². The van der Waals surface area contributed by atoms with Crippen LogP contribution in [0.2, 0.25) is 0 Å². The Morgan fingerprint density at radius 3 is 2.81 bits per heavy atom. The van der Waals surface area contributed by atoms with E-state index >= 15 is 0 Å². The van der Waals surface area contributed by atoms with Crippen LogP contribution >= 0.6 is 0 Å². The van der Waals surface area contributed by atoms with Gasteiger partial charge < -0.3 is 19.3 Å². The van der Waals surface area contributed by atoms with Crippen molar-refractivity contribution in [1.29, 1.82) is 0 Å². The second-order valence-corrected chi connectivity index (χ2v) is 5.09.